The molecule has 0 aliphatic rings. The summed E-state index contributed by atoms with van der Waals surface area (Å²) in [6, 6.07) is 9.36. The molecule has 0 fully saturated rings. The van der Waals surface area contributed by atoms with Crippen molar-refractivity contribution in [1.29, 1.82) is 0 Å². The van der Waals surface area contributed by atoms with Crippen molar-refractivity contribution < 1.29 is 85.7 Å². The minimum Gasteiger partial charge on any atom is -0.506 e. The van der Waals surface area contributed by atoms with Crippen LogP contribution in [-0.2, 0) is 47.0 Å². The third-order valence-corrected chi connectivity index (χ3v) is 34.4. The maximum absolute atomic E-state index is 12.9. The molecule has 122 heavy (non-hydrogen) atoms. The van der Waals surface area contributed by atoms with Crippen molar-refractivity contribution >= 4 is 258 Å². The monoisotopic (exact) mass is 2480 g/mol. The first-order chi connectivity index (χ1) is 55.8. The zero-order valence-electron chi connectivity index (χ0n) is 76.5. The molecule has 22 nitrogen and oxygen atoms in total. The third kappa shape index (κ3) is 37.3. The van der Waals surface area contributed by atoms with Crippen LogP contribution in [-0.4, -0.2) is 189 Å². The van der Waals surface area contributed by atoms with Gasteiger partial charge in [-0.2, -0.15) is 0 Å². The zero-order chi connectivity index (χ0) is 94.7. The Balaban J connectivity index is 0.000000827. The van der Waals surface area contributed by atoms with E-state index >= 15 is 0 Å². The molecule has 684 valence electrons. The molecule has 0 aliphatic heterocycles. The number of nitrogens with zero attached hydrogens (tertiary/aromatic N) is 4. The number of ketones is 2. The Bertz CT molecular complexity index is 4460. The number of Topliss-reactive ketones (excluding diaryl/α,β-unsaturated/α-hetero) is 2. The minimum atomic E-state index is -2.01. The van der Waals surface area contributed by atoms with Gasteiger partial charge in [-0.05, 0) is 290 Å². The quantitative estimate of drug-likeness (QED) is 0.00376. The highest BCUT2D eigenvalue weighted by atomic mass is 127. The molecule has 0 bridgehead atoms. The Morgan fingerprint density at radius 2 is 0.705 bits per heavy atom. The van der Waals surface area contributed by atoms with Crippen LogP contribution < -0.4 is 18.9 Å². The van der Waals surface area contributed by atoms with Crippen LogP contribution in [0.5, 0.6) is 23.0 Å². The summed E-state index contributed by atoms with van der Waals surface area (Å²) in [4.78, 5) is 88.5. The third-order valence-electron chi connectivity index (χ3n) is 18.0. The summed E-state index contributed by atoms with van der Waals surface area (Å²) in [5.74, 6) is -1.79. The van der Waals surface area contributed by atoms with Crippen molar-refractivity contribution in [3.05, 3.63) is 135 Å². The second-order valence-corrected chi connectivity index (χ2v) is 52.5. The van der Waals surface area contributed by atoms with Gasteiger partial charge < -0.3 is 66.8 Å². The highest BCUT2D eigenvalue weighted by molar-refractivity contribution is 14.1. The predicted molar refractivity (Wildman–Crippen MR) is 553 cm³/mol. The lowest BCUT2D eigenvalue weighted by molar-refractivity contribution is -0.139. The SMILES string of the molecule is CCOC(=O)C(=CN(C)C)C(=O)c1cc(I)c(OC(C)C)c(I)c1Cl.CCOC(=O)C(=CN(C)C)C(=O)c1cc(I)c(OC(C)C)cc1Cl.CCOC(=O)C(C=N[C@H](CO[Si](C)(C)C(C)(C)C)C(C)(C)C)=C(O)c1cc(I)c(OC(C)C)c(I)c1Cl.CCOC(=O)C(C=N[C@H](CO[Si](C)(C)C(C)(C)C)C(C)(C)C)=C(O)c1cc(I)c(OC(C)C)cc1Cl. The highest BCUT2D eigenvalue weighted by Crippen LogP contribution is 2.44. The van der Waals surface area contributed by atoms with Crippen LogP contribution in [0.4, 0.5) is 0 Å². The number of hydrogen-bond donors (Lipinski definition) is 2. The zero-order valence-corrected chi connectivity index (χ0v) is 94.4. The van der Waals surface area contributed by atoms with E-state index in [2.05, 4.69) is 222 Å². The fraction of sp³-hybridized carbons (Fsp3) is 0.545. The van der Waals surface area contributed by atoms with Gasteiger partial charge in [0.05, 0.1) is 118 Å². The van der Waals surface area contributed by atoms with Gasteiger partial charge in [-0.25, -0.2) is 19.2 Å². The van der Waals surface area contributed by atoms with Crippen LogP contribution in [0.25, 0.3) is 11.5 Å². The molecule has 2 atom stereocenters. The Hall–Kier alpha value is -3.31. The second kappa shape index (κ2) is 52.5. The molecule has 4 rings (SSSR count). The Morgan fingerprint density at radius 3 is 1.01 bits per heavy atom. The number of esters is 4. The smallest absolute Gasteiger partial charge is 0.343 e. The first kappa shape index (κ1) is 117. The van der Waals surface area contributed by atoms with Crippen molar-refractivity contribution in [2.45, 2.75) is 239 Å². The first-order valence-electron chi connectivity index (χ1n) is 39.6. The molecule has 4 aromatic carbocycles. The van der Waals surface area contributed by atoms with Crippen LogP contribution in [0.15, 0.2) is 81.1 Å². The van der Waals surface area contributed by atoms with E-state index in [4.69, 9.17) is 103 Å². The summed E-state index contributed by atoms with van der Waals surface area (Å²) >= 11 is 38.3. The summed E-state index contributed by atoms with van der Waals surface area (Å²) < 4.78 is 60.8. The number of carbonyl (C=O) groups excluding carboxylic acids is 6. The molecule has 0 heterocycles. The maximum Gasteiger partial charge on any atom is 0.343 e. The van der Waals surface area contributed by atoms with Gasteiger partial charge in [0.2, 0.25) is 11.6 Å². The summed E-state index contributed by atoms with van der Waals surface area (Å²) in [6.45, 7) is 58.0. The molecule has 0 spiro atoms. The Labute approximate surface area is 829 Å². The molecular formula is C88H126Cl4I6N4O18Si2. The number of benzene rings is 4. The van der Waals surface area contributed by atoms with Gasteiger partial charge in [0.1, 0.15) is 56.8 Å². The van der Waals surface area contributed by atoms with Gasteiger partial charge in [-0.3, -0.25) is 19.6 Å². The molecular weight excluding hydrogens is 2360 g/mol. The normalized spacial score (nSPS) is 13.4. The molecule has 4 aromatic rings. The molecule has 2 N–H and O–H groups in total. The van der Waals surface area contributed by atoms with Gasteiger partial charge in [0.25, 0.3) is 0 Å². The fourth-order valence-electron chi connectivity index (χ4n) is 9.41. The average molecular weight is 2490 g/mol. The van der Waals surface area contributed by atoms with Crippen LogP contribution in [0, 0.1) is 32.3 Å². The molecule has 0 saturated heterocycles. The number of aliphatic imine (C=N–C) groups is 2. The van der Waals surface area contributed by atoms with Crippen LogP contribution in [0.1, 0.15) is 198 Å². The van der Waals surface area contributed by atoms with Gasteiger partial charge in [0, 0.05) is 87.4 Å². The number of carbonyl (C=O) groups is 6. The van der Waals surface area contributed by atoms with Gasteiger partial charge in [-0.15, -0.1) is 0 Å². The highest BCUT2D eigenvalue weighted by Gasteiger charge is 2.41. The molecule has 0 unspecified atom stereocenters. The largest absolute Gasteiger partial charge is 0.506 e. The van der Waals surface area contributed by atoms with Crippen molar-refractivity contribution in [3.63, 3.8) is 0 Å². The topological polar surface area (TPSA) is 266 Å². The molecule has 0 aliphatic carbocycles. The van der Waals surface area contributed by atoms with E-state index in [9.17, 15) is 39.0 Å². The summed E-state index contributed by atoms with van der Waals surface area (Å²) in [5.41, 5.74) is 0.343. The fourth-order valence-corrected chi connectivity index (χ4v) is 17.4. The van der Waals surface area contributed by atoms with Crippen LogP contribution in [0.3, 0.4) is 0 Å². The second-order valence-electron chi connectivity index (χ2n) is 34.5. The summed E-state index contributed by atoms with van der Waals surface area (Å²) in [5, 5.41) is 23.6. The van der Waals surface area contributed by atoms with Crippen LogP contribution in [0.2, 0.25) is 56.4 Å². The number of rotatable bonds is 34. The first-order valence-corrected chi connectivity index (χ1v) is 53.4. The number of halogens is 10. The van der Waals surface area contributed by atoms with Crippen molar-refractivity contribution in [3.8, 4) is 23.0 Å². The lowest BCUT2D eigenvalue weighted by atomic mass is 9.87. The Kier molecular flexibility index (Phi) is 50.2. The van der Waals surface area contributed by atoms with Crippen molar-refractivity contribution in [1.82, 2.24) is 9.80 Å². The van der Waals surface area contributed by atoms with E-state index in [-0.39, 0.29) is 149 Å². The van der Waals surface area contributed by atoms with E-state index in [0.717, 1.165) is 14.3 Å². The van der Waals surface area contributed by atoms with Crippen molar-refractivity contribution in [2.24, 2.45) is 20.8 Å². The number of ether oxygens (including phenoxy) is 8. The van der Waals surface area contributed by atoms with E-state index in [1.165, 1.54) is 24.8 Å². The molecule has 0 aromatic heterocycles. The number of aliphatic hydroxyl groups is 2. The van der Waals surface area contributed by atoms with Gasteiger partial charge in [-0.1, -0.05) is 129 Å². The average Bonchev–Trinajstić information content (AvgIpc) is 0.799. The maximum atomic E-state index is 12.9. The minimum absolute atomic E-state index is 0.0140. The van der Waals surface area contributed by atoms with Gasteiger partial charge in [0.15, 0.2) is 16.6 Å². The summed E-state index contributed by atoms with van der Waals surface area (Å²) in [6.07, 6.45) is 5.54. The Morgan fingerprint density at radius 1 is 0.426 bits per heavy atom. The lowest BCUT2D eigenvalue weighted by Gasteiger charge is -2.38. The number of hydrogen-bond acceptors (Lipinski definition) is 22. The molecule has 0 saturated carbocycles. The number of aliphatic hydroxyl groups excluding tert-OH is 2. The van der Waals surface area contributed by atoms with Gasteiger partial charge >= 0.3 is 23.9 Å². The predicted octanol–water partition coefficient (Wildman–Crippen LogP) is 25.2. The van der Waals surface area contributed by atoms with E-state index in [1.807, 2.05) is 78.0 Å². The van der Waals surface area contributed by atoms with E-state index in [0.29, 0.717) is 54.5 Å². The molecule has 0 amide bonds. The van der Waals surface area contributed by atoms with Crippen molar-refractivity contribution in [2.75, 3.05) is 67.8 Å². The van der Waals surface area contributed by atoms with E-state index in [1.54, 1.807) is 102 Å². The summed E-state index contributed by atoms with van der Waals surface area (Å²) in [7, 11) is 2.88. The van der Waals surface area contributed by atoms with E-state index < -0.39 is 52.1 Å². The standard InChI is InChI=1S/C27H42ClI2NO5Si.C27H43ClINO5Si.C17H20ClI2NO4.C17H21ClINO4/c1-12-34-25(33)18(14-31-20(26(4,5)6)15-35-37(10,11)27(7,8)9)23(32)17-13-19(29)24(36-16(2)3)22(30)21(17)28;1-12-33-25(32)19(24(31)18-13-21(29)22(14-20(18)28)35-17(2)3)15-30-23(26(4,5)6)16-34-36(10,11)27(7,8)9;1-6-24-17(23)11(8-21(4)5)15(22)10-7-12(19)16(25-9(2)3)14(20)13(10)18;1-6-23-17(22)12(9-20(4)5)16(21)11-7-14(19)15(8-13(11)18)24-10(2)3/h13-14,16,20,32H,12,15H2,1-11H3;13-15,17,23,31H,12,16H2,1-11H3;7-9H,6H2,1-5H3;7-10H,6H2,1-5H3/t20-;23-;;/m11../s1. The molecule has 0 radical (unpaired) electrons. The van der Waals surface area contributed by atoms with Crippen LogP contribution >= 0.6 is 182 Å². The lowest BCUT2D eigenvalue weighted by Crippen LogP contribution is -2.44. The molecule has 34 heteroatoms.